The Bertz CT molecular complexity index is 1700. The Labute approximate surface area is 253 Å². The van der Waals surface area contributed by atoms with E-state index in [4.69, 9.17) is 0 Å². The molecular formula is C33H30N4O5S. The minimum atomic E-state index is -0.549. The van der Waals surface area contributed by atoms with Gasteiger partial charge in [0.2, 0.25) is 5.91 Å². The van der Waals surface area contributed by atoms with Gasteiger partial charge < -0.3 is 16.0 Å². The van der Waals surface area contributed by atoms with Crippen LogP contribution in [0.3, 0.4) is 0 Å². The summed E-state index contributed by atoms with van der Waals surface area (Å²) in [6, 6.07) is 27.5. The maximum Gasteiger partial charge on any atom is 0.272 e. The molecule has 0 aliphatic heterocycles. The van der Waals surface area contributed by atoms with Crippen molar-refractivity contribution in [2.45, 2.75) is 30.9 Å². The van der Waals surface area contributed by atoms with Gasteiger partial charge in [-0.05, 0) is 68.3 Å². The lowest BCUT2D eigenvalue weighted by molar-refractivity contribution is -0.384. The van der Waals surface area contributed by atoms with E-state index >= 15 is 0 Å². The smallest absolute Gasteiger partial charge is 0.272 e. The molecule has 9 nitrogen and oxygen atoms in total. The summed E-state index contributed by atoms with van der Waals surface area (Å²) in [5, 5.41) is 18.9. The number of carbonyl (C=O) groups excluding carboxylic acids is 3. The third kappa shape index (κ3) is 8.64. The van der Waals surface area contributed by atoms with E-state index in [0.717, 1.165) is 11.1 Å². The van der Waals surface area contributed by atoms with Gasteiger partial charge >= 0.3 is 0 Å². The third-order valence-electron chi connectivity index (χ3n) is 6.35. The quantitative estimate of drug-likeness (QED) is 0.0807. The summed E-state index contributed by atoms with van der Waals surface area (Å²) in [5.74, 6) is -1.26. The lowest BCUT2D eigenvalue weighted by atomic mass is 10.1. The standard InChI is InChI=1S/C33H30N4O5S/c1-21-9-7-10-24(17-21)18-30(36-32(39)25-11-5-4-6-12-25)33(40)34-26-13-8-14-28(19-26)43-23(3)31(38)35-29-20-27(37(41)42)16-15-22(29)2/h4-20,23H,1-3H3,(H,34,40)(H,35,38)(H,36,39)/b30-18+. The molecule has 3 N–H and O–H groups in total. The van der Waals surface area contributed by atoms with E-state index in [-0.39, 0.29) is 17.3 Å². The predicted octanol–water partition coefficient (Wildman–Crippen LogP) is 6.74. The Kier molecular flexibility index (Phi) is 10.1. The molecule has 0 radical (unpaired) electrons. The van der Waals surface area contributed by atoms with Gasteiger partial charge in [-0.25, -0.2) is 0 Å². The van der Waals surface area contributed by atoms with Crippen LogP contribution < -0.4 is 16.0 Å². The fourth-order valence-corrected chi connectivity index (χ4v) is 4.99. The number of hydrogen-bond acceptors (Lipinski definition) is 6. The van der Waals surface area contributed by atoms with Crippen LogP contribution in [0.25, 0.3) is 6.08 Å². The molecule has 0 saturated carbocycles. The topological polar surface area (TPSA) is 130 Å². The lowest BCUT2D eigenvalue weighted by Gasteiger charge is -2.15. The number of nitrogens with zero attached hydrogens (tertiary/aromatic N) is 1. The Morgan fingerprint density at radius 1 is 0.860 bits per heavy atom. The minimum absolute atomic E-state index is 0.0672. The van der Waals surface area contributed by atoms with Crippen LogP contribution in [0.2, 0.25) is 0 Å². The number of hydrogen-bond donors (Lipinski definition) is 3. The number of carbonyl (C=O) groups is 3. The average Bonchev–Trinajstić information content (AvgIpc) is 2.98. The molecule has 0 bridgehead atoms. The summed E-state index contributed by atoms with van der Waals surface area (Å²) in [6.07, 6.45) is 1.62. The zero-order valence-electron chi connectivity index (χ0n) is 23.8. The zero-order valence-corrected chi connectivity index (χ0v) is 24.6. The van der Waals surface area contributed by atoms with Gasteiger partial charge in [0.25, 0.3) is 17.5 Å². The normalized spacial score (nSPS) is 11.7. The van der Waals surface area contributed by atoms with Crippen molar-refractivity contribution in [3.05, 3.63) is 135 Å². The fourth-order valence-electron chi connectivity index (χ4n) is 4.06. The van der Waals surface area contributed by atoms with Gasteiger partial charge in [0.1, 0.15) is 5.70 Å². The van der Waals surface area contributed by atoms with Gasteiger partial charge in [0.15, 0.2) is 0 Å². The third-order valence-corrected chi connectivity index (χ3v) is 7.44. The molecule has 0 fully saturated rings. The van der Waals surface area contributed by atoms with E-state index in [1.807, 2.05) is 37.3 Å². The molecule has 43 heavy (non-hydrogen) atoms. The van der Waals surface area contributed by atoms with Crippen LogP contribution in [0.5, 0.6) is 0 Å². The number of nitro groups is 1. The fraction of sp³-hybridized carbons (Fsp3) is 0.121. The van der Waals surface area contributed by atoms with Gasteiger partial charge in [0, 0.05) is 28.3 Å². The predicted molar refractivity (Wildman–Crippen MR) is 170 cm³/mol. The second-order valence-electron chi connectivity index (χ2n) is 9.78. The second-order valence-corrected chi connectivity index (χ2v) is 11.2. The largest absolute Gasteiger partial charge is 0.325 e. The van der Waals surface area contributed by atoms with Crippen molar-refractivity contribution < 1.29 is 19.3 Å². The molecule has 3 amide bonds. The highest BCUT2D eigenvalue weighted by molar-refractivity contribution is 8.00. The maximum atomic E-state index is 13.4. The molecule has 0 spiro atoms. The van der Waals surface area contributed by atoms with Crippen molar-refractivity contribution in [2.24, 2.45) is 0 Å². The van der Waals surface area contributed by atoms with Crippen molar-refractivity contribution in [3.8, 4) is 0 Å². The Balaban J connectivity index is 1.48. The highest BCUT2D eigenvalue weighted by atomic mass is 32.2. The first-order valence-corrected chi connectivity index (χ1v) is 14.3. The van der Waals surface area contributed by atoms with Crippen LogP contribution in [0, 0.1) is 24.0 Å². The lowest BCUT2D eigenvalue weighted by Crippen LogP contribution is -2.30. The SMILES string of the molecule is Cc1cccc(/C=C(/NC(=O)c2ccccc2)C(=O)Nc2cccc(SC(C)C(=O)Nc3cc([N+](=O)[O-])ccc3C)c2)c1. The van der Waals surface area contributed by atoms with Crippen LogP contribution >= 0.6 is 11.8 Å². The molecule has 4 aromatic carbocycles. The van der Waals surface area contributed by atoms with Crippen molar-refractivity contribution in [1.82, 2.24) is 5.32 Å². The van der Waals surface area contributed by atoms with E-state index in [1.54, 1.807) is 74.5 Å². The van der Waals surface area contributed by atoms with Crippen molar-refractivity contribution >= 4 is 52.6 Å². The van der Waals surface area contributed by atoms with Crippen LogP contribution in [0.4, 0.5) is 17.1 Å². The number of amides is 3. The summed E-state index contributed by atoms with van der Waals surface area (Å²) < 4.78 is 0. The molecule has 0 aromatic heterocycles. The molecule has 4 aromatic rings. The molecule has 218 valence electrons. The van der Waals surface area contributed by atoms with E-state index in [2.05, 4.69) is 16.0 Å². The first kappa shape index (κ1) is 30.7. The number of nitro benzene ring substituents is 1. The van der Waals surface area contributed by atoms with Gasteiger partial charge in [-0.15, -0.1) is 11.8 Å². The van der Waals surface area contributed by atoms with Crippen LogP contribution in [0.1, 0.15) is 34.0 Å². The van der Waals surface area contributed by atoms with Crippen LogP contribution in [0.15, 0.2) is 108 Å². The maximum absolute atomic E-state index is 13.4. The van der Waals surface area contributed by atoms with E-state index in [1.165, 1.54) is 23.9 Å². The zero-order chi connectivity index (χ0) is 30.9. The summed E-state index contributed by atoms with van der Waals surface area (Å²) in [5.41, 5.74) is 3.68. The van der Waals surface area contributed by atoms with Gasteiger partial charge in [-0.3, -0.25) is 24.5 Å². The van der Waals surface area contributed by atoms with Crippen LogP contribution in [-0.2, 0) is 9.59 Å². The number of nitrogens with one attached hydrogen (secondary N) is 3. The van der Waals surface area contributed by atoms with Gasteiger partial charge in [-0.1, -0.05) is 60.2 Å². The number of benzene rings is 4. The number of rotatable bonds is 10. The minimum Gasteiger partial charge on any atom is -0.325 e. The molecule has 0 aliphatic carbocycles. The number of aryl methyl sites for hydroxylation is 2. The second kappa shape index (κ2) is 14.1. The van der Waals surface area contributed by atoms with E-state index < -0.39 is 22.0 Å². The van der Waals surface area contributed by atoms with Gasteiger partial charge in [0.05, 0.1) is 15.9 Å². The monoisotopic (exact) mass is 594 g/mol. The Hall–Kier alpha value is -5.22. The highest BCUT2D eigenvalue weighted by Gasteiger charge is 2.19. The molecular weight excluding hydrogens is 564 g/mol. The summed E-state index contributed by atoms with van der Waals surface area (Å²) in [4.78, 5) is 50.6. The molecule has 1 unspecified atom stereocenters. The van der Waals surface area contributed by atoms with E-state index in [9.17, 15) is 24.5 Å². The molecule has 1 atom stereocenters. The molecule has 0 aliphatic rings. The molecule has 4 rings (SSSR count). The summed E-state index contributed by atoms with van der Waals surface area (Å²) in [6.45, 7) is 5.42. The summed E-state index contributed by atoms with van der Waals surface area (Å²) in [7, 11) is 0. The Morgan fingerprint density at radius 2 is 1.60 bits per heavy atom. The molecule has 0 saturated heterocycles. The average molecular weight is 595 g/mol. The number of non-ortho nitro benzene ring substituents is 1. The number of anilines is 2. The van der Waals surface area contributed by atoms with Crippen molar-refractivity contribution in [1.29, 1.82) is 0 Å². The van der Waals surface area contributed by atoms with Crippen molar-refractivity contribution in [2.75, 3.05) is 10.6 Å². The molecule has 10 heteroatoms. The van der Waals surface area contributed by atoms with Gasteiger partial charge in [-0.2, -0.15) is 0 Å². The highest BCUT2D eigenvalue weighted by Crippen LogP contribution is 2.28. The Morgan fingerprint density at radius 3 is 2.33 bits per heavy atom. The van der Waals surface area contributed by atoms with Crippen LogP contribution in [-0.4, -0.2) is 27.9 Å². The van der Waals surface area contributed by atoms with Crippen molar-refractivity contribution in [3.63, 3.8) is 0 Å². The summed E-state index contributed by atoms with van der Waals surface area (Å²) >= 11 is 1.27. The first-order chi connectivity index (χ1) is 20.6. The molecule has 0 heterocycles. The number of thioether (sulfide) groups is 1. The first-order valence-electron chi connectivity index (χ1n) is 13.4. The van der Waals surface area contributed by atoms with E-state index in [0.29, 0.717) is 27.4 Å².